The molecule has 1 saturated carbocycles. The number of hydrogen-bond donors (Lipinski definition) is 1. The largest absolute Gasteiger partial charge is 0.480 e. The average Bonchev–Trinajstić information content (AvgIpc) is 3.35. The summed E-state index contributed by atoms with van der Waals surface area (Å²) >= 11 is 0. The highest BCUT2D eigenvalue weighted by Gasteiger charge is 2.37. The molecule has 4 rings (SSSR count). The fraction of sp³-hybridized carbons (Fsp3) is 0.476. The summed E-state index contributed by atoms with van der Waals surface area (Å²) in [6.45, 7) is 1.91. The van der Waals surface area contributed by atoms with Crippen LogP contribution in [0.5, 0.6) is 0 Å². The second-order valence-corrected chi connectivity index (χ2v) is 7.69. The lowest BCUT2D eigenvalue weighted by Gasteiger charge is -2.39. The van der Waals surface area contributed by atoms with Gasteiger partial charge in [0.05, 0.1) is 19.3 Å². The molecule has 1 aliphatic heterocycles. The van der Waals surface area contributed by atoms with Gasteiger partial charge in [0, 0.05) is 30.9 Å². The van der Waals surface area contributed by atoms with Crippen LogP contribution in [0, 0.1) is 0 Å². The van der Waals surface area contributed by atoms with Crippen molar-refractivity contribution in [1.29, 1.82) is 0 Å². The average molecular weight is 382 g/mol. The van der Waals surface area contributed by atoms with Crippen molar-refractivity contribution in [2.24, 2.45) is 0 Å². The van der Waals surface area contributed by atoms with E-state index in [2.05, 4.69) is 5.10 Å². The summed E-state index contributed by atoms with van der Waals surface area (Å²) in [5.74, 6) is -0.901. The van der Waals surface area contributed by atoms with E-state index in [0.29, 0.717) is 31.2 Å². The van der Waals surface area contributed by atoms with Gasteiger partial charge in [-0.3, -0.25) is 19.2 Å². The van der Waals surface area contributed by atoms with Crippen LogP contribution in [0.4, 0.5) is 0 Å². The molecule has 0 spiro atoms. The minimum Gasteiger partial charge on any atom is -0.480 e. The summed E-state index contributed by atoms with van der Waals surface area (Å²) in [7, 11) is 0. The summed E-state index contributed by atoms with van der Waals surface area (Å²) in [5.41, 5.74) is 1.72. The van der Waals surface area contributed by atoms with Crippen LogP contribution in [0.15, 0.2) is 42.7 Å². The predicted octanol–water partition coefficient (Wildman–Crippen LogP) is 2.14. The molecule has 28 heavy (non-hydrogen) atoms. The number of carbonyl (C=O) groups excluding carboxylic acids is 1. The van der Waals surface area contributed by atoms with Crippen LogP contribution in [0.3, 0.4) is 0 Å². The monoisotopic (exact) mass is 382 g/mol. The van der Waals surface area contributed by atoms with Crippen molar-refractivity contribution in [2.75, 3.05) is 19.6 Å². The Labute approximate surface area is 164 Å². The van der Waals surface area contributed by atoms with E-state index in [1.165, 1.54) is 12.8 Å². The first kappa shape index (κ1) is 18.7. The number of carboxylic acid groups (broad SMARTS) is 1. The third-order valence-electron chi connectivity index (χ3n) is 5.81. The number of carbonyl (C=O) groups is 2. The van der Waals surface area contributed by atoms with Crippen LogP contribution in [0.1, 0.15) is 42.9 Å². The van der Waals surface area contributed by atoms with E-state index in [4.69, 9.17) is 0 Å². The summed E-state index contributed by atoms with van der Waals surface area (Å²) < 4.78 is 1.75. The van der Waals surface area contributed by atoms with Gasteiger partial charge in [0.15, 0.2) is 0 Å². The number of carboxylic acids is 1. The highest BCUT2D eigenvalue weighted by atomic mass is 16.4. The first-order valence-corrected chi connectivity index (χ1v) is 9.94. The van der Waals surface area contributed by atoms with E-state index in [1.54, 1.807) is 22.0 Å². The minimum absolute atomic E-state index is 0.0427. The fourth-order valence-corrected chi connectivity index (χ4v) is 4.41. The van der Waals surface area contributed by atoms with Crippen LogP contribution >= 0.6 is 0 Å². The molecule has 0 unspecified atom stereocenters. The molecular weight excluding hydrogens is 356 g/mol. The van der Waals surface area contributed by atoms with E-state index >= 15 is 0 Å². The Morgan fingerprint density at radius 1 is 1.18 bits per heavy atom. The van der Waals surface area contributed by atoms with E-state index in [-0.39, 0.29) is 12.5 Å². The number of amides is 1. The molecule has 2 aromatic rings. The Balaban J connectivity index is 1.46. The zero-order valence-corrected chi connectivity index (χ0v) is 15.9. The van der Waals surface area contributed by atoms with Crippen molar-refractivity contribution >= 4 is 11.9 Å². The van der Waals surface area contributed by atoms with Crippen LogP contribution in [-0.2, 0) is 16.1 Å². The molecule has 2 heterocycles. The first-order valence-electron chi connectivity index (χ1n) is 9.94. The Kier molecular flexibility index (Phi) is 5.43. The molecule has 1 N–H and O–H groups in total. The Morgan fingerprint density at radius 3 is 2.61 bits per heavy atom. The van der Waals surface area contributed by atoms with Gasteiger partial charge >= 0.3 is 5.97 Å². The molecule has 1 aliphatic carbocycles. The van der Waals surface area contributed by atoms with E-state index < -0.39 is 12.0 Å². The molecule has 7 heteroatoms. The summed E-state index contributed by atoms with van der Waals surface area (Å²) in [5, 5.41) is 14.2. The van der Waals surface area contributed by atoms with E-state index in [9.17, 15) is 14.7 Å². The summed E-state index contributed by atoms with van der Waals surface area (Å²) in [4.78, 5) is 28.4. The van der Waals surface area contributed by atoms with Gasteiger partial charge in [0.2, 0.25) is 5.91 Å². The number of benzene rings is 1. The van der Waals surface area contributed by atoms with Crippen LogP contribution in [0.2, 0.25) is 0 Å². The lowest BCUT2D eigenvalue weighted by Crippen LogP contribution is -2.55. The van der Waals surface area contributed by atoms with Crippen molar-refractivity contribution in [1.82, 2.24) is 19.6 Å². The lowest BCUT2D eigenvalue weighted by atomic mass is 10.1. The van der Waals surface area contributed by atoms with Gasteiger partial charge in [0.25, 0.3) is 0 Å². The number of rotatable bonds is 6. The lowest BCUT2D eigenvalue weighted by molar-refractivity contribution is -0.148. The third kappa shape index (κ3) is 3.94. The normalized spacial score (nSPS) is 19.9. The smallest absolute Gasteiger partial charge is 0.325 e. The Bertz CT molecular complexity index is 829. The molecule has 2 aliphatic rings. The van der Waals surface area contributed by atoms with Gasteiger partial charge < -0.3 is 10.0 Å². The molecule has 1 aromatic carbocycles. The molecule has 1 amide bonds. The van der Waals surface area contributed by atoms with E-state index in [0.717, 1.165) is 18.4 Å². The molecular formula is C21H26N4O3. The molecule has 1 atom stereocenters. The maximum absolute atomic E-state index is 12.7. The van der Waals surface area contributed by atoms with Crippen molar-refractivity contribution < 1.29 is 14.7 Å². The van der Waals surface area contributed by atoms with Gasteiger partial charge in [-0.1, -0.05) is 43.2 Å². The fourth-order valence-electron chi connectivity index (χ4n) is 4.41. The quantitative estimate of drug-likeness (QED) is 0.828. The predicted molar refractivity (Wildman–Crippen MR) is 104 cm³/mol. The standard InChI is InChI=1S/C21H26N4O3/c26-19-15-23(10-11-25(19)18-8-4-5-9-18)20(21(27)28)17-12-22-24(14-17)13-16-6-2-1-3-7-16/h1-3,6-7,12,14,18,20H,4-5,8-11,13,15H2,(H,27,28)/t20-/m1/s1. The van der Waals surface area contributed by atoms with Crippen molar-refractivity contribution in [3.05, 3.63) is 53.9 Å². The van der Waals surface area contributed by atoms with Crippen LogP contribution < -0.4 is 0 Å². The van der Waals surface area contributed by atoms with Gasteiger partial charge in [-0.25, -0.2) is 0 Å². The number of hydrogen-bond acceptors (Lipinski definition) is 4. The number of aliphatic carboxylic acids is 1. The highest BCUT2D eigenvalue weighted by Crippen LogP contribution is 2.28. The molecule has 7 nitrogen and oxygen atoms in total. The number of piperazine rings is 1. The van der Waals surface area contributed by atoms with Gasteiger partial charge in [-0.15, -0.1) is 0 Å². The van der Waals surface area contributed by atoms with Crippen LogP contribution in [-0.4, -0.2) is 62.2 Å². The van der Waals surface area contributed by atoms with E-state index in [1.807, 2.05) is 35.2 Å². The van der Waals surface area contributed by atoms with Crippen molar-refractivity contribution in [3.63, 3.8) is 0 Å². The van der Waals surface area contributed by atoms with Gasteiger partial charge in [-0.05, 0) is 18.4 Å². The molecule has 0 bridgehead atoms. The maximum Gasteiger partial charge on any atom is 0.325 e. The maximum atomic E-state index is 12.7. The zero-order chi connectivity index (χ0) is 19.5. The Morgan fingerprint density at radius 2 is 1.93 bits per heavy atom. The molecule has 2 fully saturated rings. The number of nitrogens with zero attached hydrogens (tertiary/aromatic N) is 4. The minimum atomic E-state index is -0.943. The highest BCUT2D eigenvalue weighted by molar-refractivity contribution is 5.81. The number of aromatic nitrogens is 2. The SMILES string of the molecule is O=C(O)[C@@H](c1cnn(Cc2ccccc2)c1)N1CCN(C2CCCC2)C(=O)C1. The molecule has 0 radical (unpaired) electrons. The Hall–Kier alpha value is -2.67. The molecule has 1 saturated heterocycles. The van der Waals surface area contributed by atoms with Crippen LogP contribution in [0.25, 0.3) is 0 Å². The molecule has 1 aromatic heterocycles. The topological polar surface area (TPSA) is 78.7 Å². The van der Waals surface area contributed by atoms with Crippen molar-refractivity contribution in [2.45, 2.75) is 44.3 Å². The summed E-state index contributed by atoms with van der Waals surface area (Å²) in [6.07, 6.45) is 7.88. The zero-order valence-electron chi connectivity index (χ0n) is 15.9. The van der Waals surface area contributed by atoms with Gasteiger partial charge in [0.1, 0.15) is 6.04 Å². The van der Waals surface area contributed by atoms with Crippen molar-refractivity contribution in [3.8, 4) is 0 Å². The molecule has 148 valence electrons. The summed E-state index contributed by atoms with van der Waals surface area (Å²) in [6, 6.07) is 9.41. The van der Waals surface area contributed by atoms with Gasteiger partial charge in [-0.2, -0.15) is 5.10 Å². The second-order valence-electron chi connectivity index (χ2n) is 7.69. The second kappa shape index (κ2) is 8.14. The third-order valence-corrected chi connectivity index (χ3v) is 5.81. The first-order chi connectivity index (χ1) is 13.6.